The van der Waals surface area contributed by atoms with E-state index >= 15 is 0 Å². The minimum Gasteiger partial charge on any atom is -0.396 e. The lowest BCUT2D eigenvalue weighted by atomic mass is 9.85. The third-order valence-corrected chi connectivity index (χ3v) is 4.52. The molecule has 2 atom stereocenters. The summed E-state index contributed by atoms with van der Waals surface area (Å²) in [6, 6.07) is 15.6. The van der Waals surface area contributed by atoms with Crippen molar-refractivity contribution in [3.63, 3.8) is 0 Å². The molecule has 0 aliphatic heterocycles. The topological polar surface area (TPSA) is 20.2 Å². The molecule has 0 radical (unpaired) electrons. The van der Waals surface area contributed by atoms with Crippen molar-refractivity contribution in [3.05, 3.63) is 70.3 Å². The summed E-state index contributed by atoms with van der Waals surface area (Å²) in [7, 11) is 0. The van der Waals surface area contributed by atoms with Gasteiger partial charge in [0, 0.05) is 18.4 Å². The lowest BCUT2D eigenvalue weighted by Gasteiger charge is -2.19. The largest absolute Gasteiger partial charge is 0.396 e. The third-order valence-electron chi connectivity index (χ3n) is 4.52. The molecule has 0 aromatic heterocycles. The average molecular weight is 236 g/mol. The van der Waals surface area contributed by atoms with Crippen LogP contribution in [0.2, 0.25) is 0 Å². The zero-order chi connectivity index (χ0) is 12.1. The highest BCUT2D eigenvalue weighted by Crippen LogP contribution is 2.56. The molecule has 0 spiro atoms. The summed E-state index contributed by atoms with van der Waals surface area (Å²) in [4.78, 5) is 0. The Morgan fingerprint density at radius 3 is 2.28 bits per heavy atom. The van der Waals surface area contributed by atoms with Gasteiger partial charge >= 0.3 is 0 Å². The first-order chi connectivity index (χ1) is 8.88. The van der Waals surface area contributed by atoms with Crippen molar-refractivity contribution in [2.24, 2.45) is 0 Å². The van der Waals surface area contributed by atoms with Crippen molar-refractivity contribution in [3.8, 4) is 0 Å². The summed E-state index contributed by atoms with van der Waals surface area (Å²) < 4.78 is 0. The fraction of sp³-hybridized carbons (Fsp3) is 0.294. The van der Waals surface area contributed by atoms with Crippen LogP contribution in [0.25, 0.3) is 0 Å². The van der Waals surface area contributed by atoms with Crippen LogP contribution in [0, 0.1) is 0 Å². The first-order valence-electron chi connectivity index (χ1n) is 6.71. The molecule has 0 fully saturated rings. The van der Waals surface area contributed by atoms with Gasteiger partial charge in [-0.25, -0.2) is 0 Å². The van der Waals surface area contributed by atoms with Crippen LogP contribution in [-0.4, -0.2) is 11.7 Å². The molecule has 0 heterocycles. The van der Waals surface area contributed by atoms with Gasteiger partial charge in [-0.3, -0.25) is 0 Å². The lowest BCUT2D eigenvalue weighted by molar-refractivity contribution is 0.299. The van der Waals surface area contributed by atoms with E-state index in [1.54, 1.807) is 0 Å². The molecule has 2 aliphatic rings. The summed E-state index contributed by atoms with van der Waals surface area (Å²) in [5, 5.41) is 9.06. The maximum Gasteiger partial charge on any atom is 0.0471 e. The van der Waals surface area contributed by atoms with Crippen LogP contribution >= 0.6 is 0 Å². The molecule has 0 saturated carbocycles. The van der Waals surface area contributed by atoms with E-state index in [1.807, 2.05) is 0 Å². The predicted molar refractivity (Wildman–Crippen MR) is 72.0 cm³/mol. The fourth-order valence-corrected chi connectivity index (χ4v) is 3.75. The van der Waals surface area contributed by atoms with E-state index in [2.05, 4.69) is 42.5 Å². The molecule has 2 unspecified atom stereocenters. The van der Waals surface area contributed by atoms with Crippen molar-refractivity contribution < 1.29 is 5.11 Å². The average Bonchev–Trinajstić information content (AvgIpc) is 2.96. The fourth-order valence-electron chi connectivity index (χ4n) is 3.75. The van der Waals surface area contributed by atoms with Crippen molar-refractivity contribution in [1.82, 2.24) is 0 Å². The summed E-state index contributed by atoms with van der Waals surface area (Å²) in [6.45, 7) is 0.240. The van der Waals surface area contributed by atoms with Gasteiger partial charge in [-0.15, -0.1) is 0 Å². The Hall–Kier alpha value is -1.60. The molecule has 0 saturated heterocycles. The predicted octanol–water partition coefficient (Wildman–Crippen LogP) is 3.20. The van der Waals surface area contributed by atoms with Crippen LogP contribution in [0.5, 0.6) is 0 Å². The van der Waals surface area contributed by atoms with E-state index in [9.17, 15) is 0 Å². The van der Waals surface area contributed by atoms with Crippen molar-refractivity contribution >= 4 is 0 Å². The molecule has 0 amide bonds. The van der Waals surface area contributed by atoms with Crippen molar-refractivity contribution in [2.75, 3.05) is 6.61 Å². The maximum atomic E-state index is 9.06. The minimum atomic E-state index is 0.240. The smallest absolute Gasteiger partial charge is 0.0471 e. The Morgan fingerprint density at radius 1 is 0.889 bits per heavy atom. The van der Waals surface area contributed by atoms with Crippen LogP contribution in [-0.2, 0) is 6.42 Å². The van der Waals surface area contributed by atoms with Crippen LogP contribution < -0.4 is 0 Å². The summed E-state index contributed by atoms with van der Waals surface area (Å²) >= 11 is 0. The maximum absolute atomic E-state index is 9.06. The number of hydrogen-bond donors (Lipinski definition) is 1. The van der Waals surface area contributed by atoms with Gasteiger partial charge in [-0.05, 0) is 40.7 Å². The van der Waals surface area contributed by atoms with Gasteiger partial charge in [0.25, 0.3) is 0 Å². The zero-order valence-electron chi connectivity index (χ0n) is 10.3. The molecule has 90 valence electrons. The number of rotatable bonds is 2. The molecule has 2 aliphatic carbocycles. The van der Waals surface area contributed by atoms with Crippen LogP contribution in [0.4, 0.5) is 0 Å². The van der Waals surface area contributed by atoms with Gasteiger partial charge in [0.15, 0.2) is 0 Å². The number of benzene rings is 2. The first-order valence-corrected chi connectivity index (χ1v) is 6.71. The Kier molecular flexibility index (Phi) is 2.12. The number of aliphatic hydroxyl groups is 1. The summed E-state index contributed by atoms with van der Waals surface area (Å²) in [5.74, 6) is 1.21. The Bertz CT molecular complexity index is 615. The lowest BCUT2D eigenvalue weighted by Crippen LogP contribution is -2.04. The van der Waals surface area contributed by atoms with Gasteiger partial charge in [-0.2, -0.15) is 0 Å². The van der Waals surface area contributed by atoms with Gasteiger partial charge in [0.2, 0.25) is 0 Å². The normalized spacial score (nSPS) is 22.9. The summed E-state index contributed by atoms with van der Waals surface area (Å²) in [6.07, 6.45) is 2.02. The molecule has 2 aromatic carbocycles. The summed E-state index contributed by atoms with van der Waals surface area (Å²) in [5.41, 5.74) is 7.34. The second kappa shape index (κ2) is 3.69. The highest BCUT2D eigenvalue weighted by Gasteiger charge is 2.40. The van der Waals surface area contributed by atoms with Gasteiger partial charge < -0.3 is 5.11 Å². The van der Waals surface area contributed by atoms with Crippen LogP contribution in [0.15, 0.2) is 42.5 Å². The first kappa shape index (κ1) is 10.3. The Balaban J connectivity index is 1.84. The minimum absolute atomic E-state index is 0.240. The number of aliphatic hydroxyl groups excluding tert-OH is 1. The van der Waals surface area contributed by atoms with E-state index in [0.717, 1.165) is 6.42 Å². The van der Waals surface area contributed by atoms with E-state index in [1.165, 1.54) is 34.2 Å². The highest BCUT2D eigenvalue weighted by atomic mass is 16.2. The van der Waals surface area contributed by atoms with Gasteiger partial charge in [-0.1, -0.05) is 42.5 Å². The van der Waals surface area contributed by atoms with Crippen molar-refractivity contribution in [1.29, 1.82) is 0 Å². The zero-order valence-corrected chi connectivity index (χ0v) is 10.3. The Morgan fingerprint density at radius 2 is 1.56 bits per heavy atom. The van der Waals surface area contributed by atoms with E-state index in [4.69, 9.17) is 5.11 Å². The Labute approximate surface area is 107 Å². The highest BCUT2D eigenvalue weighted by molar-refractivity contribution is 5.58. The molecular weight excluding hydrogens is 220 g/mol. The van der Waals surface area contributed by atoms with Crippen LogP contribution in [0.1, 0.15) is 46.1 Å². The second-order valence-corrected chi connectivity index (χ2v) is 5.41. The third kappa shape index (κ3) is 1.25. The van der Waals surface area contributed by atoms with Crippen molar-refractivity contribution in [2.45, 2.75) is 24.7 Å². The molecule has 4 rings (SSSR count). The van der Waals surface area contributed by atoms with Crippen LogP contribution in [0.3, 0.4) is 0 Å². The second-order valence-electron chi connectivity index (χ2n) is 5.41. The molecule has 1 N–H and O–H groups in total. The van der Waals surface area contributed by atoms with Gasteiger partial charge in [0.1, 0.15) is 0 Å². The number of hydrogen-bond acceptors (Lipinski definition) is 1. The molecule has 2 bridgehead atoms. The molecular formula is C17H16O. The van der Waals surface area contributed by atoms with E-state index < -0.39 is 0 Å². The SMILES string of the molecule is OCCc1ccc2c(c1)C1CC2c2ccccc21. The monoisotopic (exact) mass is 236 g/mol. The van der Waals surface area contributed by atoms with E-state index in [0.29, 0.717) is 11.8 Å². The molecule has 2 aromatic rings. The standard InChI is InChI=1S/C17H16O/c18-8-7-11-5-6-14-15(9-11)17-10-16(14)12-3-1-2-4-13(12)17/h1-6,9,16-18H,7-8,10H2. The molecule has 1 heteroatoms. The van der Waals surface area contributed by atoms with E-state index in [-0.39, 0.29) is 6.61 Å². The van der Waals surface area contributed by atoms with Gasteiger partial charge in [0.05, 0.1) is 0 Å². The number of fused-ring (bicyclic) bond motifs is 8. The quantitative estimate of drug-likeness (QED) is 0.849. The molecule has 18 heavy (non-hydrogen) atoms. The molecule has 1 nitrogen and oxygen atoms in total.